The lowest BCUT2D eigenvalue weighted by Gasteiger charge is -1.87. The Kier molecular flexibility index (Phi) is 2.23. The third-order valence-electron chi connectivity index (χ3n) is 0.914. The highest BCUT2D eigenvalue weighted by Gasteiger charge is 2.00. The van der Waals surface area contributed by atoms with Gasteiger partial charge in [-0.1, -0.05) is 10.2 Å². The molecule has 2 heterocycles. The molecule has 0 unspecified atom stereocenters. The van der Waals surface area contributed by atoms with Crippen molar-refractivity contribution in [3.05, 3.63) is 0 Å². The number of nitrogens with zero attached hydrogens (tertiary/aromatic N) is 6. The second kappa shape index (κ2) is 3.34. The normalized spacial score (nSPS) is 9.00. The van der Waals surface area contributed by atoms with Gasteiger partial charge in [-0.05, 0) is 10.4 Å². The summed E-state index contributed by atoms with van der Waals surface area (Å²) in [5, 5.41) is 28.2. The molecule has 2 rings (SSSR count). The number of anilines is 2. The van der Waals surface area contributed by atoms with E-state index in [2.05, 4.69) is 46.6 Å². The highest BCUT2D eigenvalue weighted by Crippen LogP contribution is 1.99. The zero-order chi connectivity index (χ0) is 7.52. The predicted octanol–water partition coefficient (Wildman–Crippen LogP) is -2.37. The molecule has 0 aliphatic heterocycles. The Bertz CT molecular complexity index is 265. The highest BCUT2D eigenvalue weighted by atomic mass is 16.0. The molecule has 2 aromatic rings. The maximum atomic E-state index is 3.61. The molecule has 0 atom stereocenters. The Morgan fingerprint density at radius 1 is 0.917 bits per heavy atom. The SMILES string of the molecule is O.n1nc(Nc2nn[nH]n2)n[nH]1. The van der Waals surface area contributed by atoms with Crippen molar-refractivity contribution in [2.75, 3.05) is 5.32 Å². The Hall–Kier alpha value is -2.10. The van der Waals surface area contributed by atoms with Gasteiger partial charge in [0, 0.05) is 0 Å². The molecule has 5 N–H and O–H groups in total. The number of hydrogen-bond acceptors (Lipinski definition) is 7. The fourth-order valence-electron chi connectivity index (χ4n) is 0.530. The summed E-state index contributed by atoms with van der Waals surface area (Å²) in [6, 6.07) is 0. The lowest BCUT2D eigenvalue weighted by molar-refractivity contribution is 0.824. The number of rotatable bonds is 2. The first kappa shape index (κ1) is 8.00. The van der Waals surface area contributed by atoms with E-state index >= 15 is 0 Å². The number of aromatic nitrogens is 8. The Balaban J connectivity index is 0.000000720. The van der Waals surface area contributed by atoms with E-state index in [4.69, 9.17) is 0 Å². The van der Waals surface area contributed by atoms with Gasteiger partial charge in [-0.25, -0.2) is 0 Å². The van der Waals surface area contributed by atoms with Crippen LogP contribution in [0.25, 0.3) is 0 Å². The van der Waals surface area contributed by atoms with Crippen LogP contribution in [-0.2, 0) is 0 Å². The Morgan fingerprint density at radius 2 is 1.42 bits per heavy atom. The molecule has 0 bridgehead atoms. The summed E-state index contributed by atoms with van der Waals surface area (Å²) in [4.78, 5) is 0. The minimum Gasteiger partial charge on any atom is -0.412 e. The molecule has 64 valence electrons. The van der Waals surface area contributed by atoms with Gasteiger partial charge in [-0.2, -0.15) is 10.4 Å². The maximum Gasteiger partial charge on any atom is 0.270 e. The van der Waals surface area contributed by atoms with Crippen LogP contribution in [0.1, 0.15) is 0 Å². The van der Waals surface area contributed by atoms with Crippen molar-refractivity contribution < 1.29 is 5.48 Å². The minimum absolute atomic E-state index is 0. The first-order chi connectivity index (χ1) is 5.45. The van der Waals surface area contributed by atoms with Crippen LogP contribution >= 0.6 is 0 Å². The van der Waals surface area contributed by atoms with Crippen LogP contribution in [0.4, 0.5) is 11.9 Å². The lowest BCUT2D eigenvalue weighted by atomic mass is 10.9. The number of H-pyrrole nitrogens is 2. The second-order valence-corrected chi connectivity index (χ2v) is 1.60. The quantitative estimate of drug-likeness (QED) is 0.456. The van der Waals surface area contributed by atoms with Gasteiger partial charge < -0.3 is 5.48 Å². The first-order valence-electron chi connectivity index (χ1n) is 2.69. The molecule has 0 saturated carbocycles. The fraction of sp³-hybridized carbons (Fsp3) is 0. The molecule has 10 nitrogen and oxygen atoms in total. The average Bonchev–Trinajstić information content (AvgIpc) is 2.60. The van der Waals surface area contributed by atoms with E-state index < -0.39 is 0 Å². The molecule has 0 radical (unpaired) electrons. The molecule has 0 saturated heterocycles. The highest BCUT2D eigenvalue weighted by molar-refractivity contribution is 5.38. The Labute approximate surface area is 65.1 Å². The van der Waals surface area contributed by atoms with Crippen molar-refractivity contribution in [1.29, 1.82) is 0 Å². The van der Waals surface area contributed by atoms with E-state index in [9.17, 15) is 0 Å². The maximum absolute atomic E-state index is 3.61. The van der Waals surface area contributed by atoms with Crippen molar-refractivity contribution in [1.82, 2.24) is 41.2 Å². The number of tetrazole rings is 2. The van der Waals surface area contributed by atoms with E-state index in [1.165, 1.54) is 0 Å². The summed E-state index contributed by atoms with van der Waals surface area (Å²) >= 11 is 0. The number of hydrogen-bond donors (Lipinski definition) is 3. The third kappa shape index (κ3) is 1.49. The minimum atomic E-state index is 0. The summed E-state index contributed by atoms with van der Waals surface area (Å²) in [6.45, 7) is 0. The molecule has 10 heteroatoms. The van der Waals surface area contributed by atoms with Crippen molar-refractivity contribution in [3.63, 3.8) is 0 Å². The third-order valence-corrected chi connectivity index (χ3v) is 0.914. The smallest absolute Gasteiger partial charge is 0.270 e. The van der Waals surface area contributed by atoms with Crippen molar-refractivity contribution in [2.24, 2.45) is 0 Å². The summed E-state index contributed by atoms with van der Waals surface area (Å²) in [7, 11) is 0. The standard InChI is InChI=1S/C2H3N9.H2O/c3(1-4-8-9-5-1)2-6-10-11-7-2;/h(H3,3,4,5,6,7,8,9,10,11);1H2. The van der Waals surface area contributed by atoms with E-state index in [1.807, 2.05) is 0 Å². The molecule has 0 spiro atoms. The summed E-state index contributed by atoms with van der Waals surface area (Å²) in [5.74, 6) is 0.595. The van der Waals surface area contributed by atoms with Gasteiger partial charge >= 0.3 is 0 Å². The van der Waals surface area contributed by atoms with Crippen LogP contribution in [0.2, 0.25) is 0 Å². The van der Waals surface area contributed by atoms with Gasteiger partial charge in [0.25, 0.3) is 11.9 Å². The van der Waals surface area contributed by atoms with E-state index in [-0.39, 0.29) is 5.48 Å². The largest absolute Gasteiger partial charge is 0.412 e. The van der Waals surface area contributed by atoms with E-state index in [0.29, 0.717) is 11.9 Å². The van der Waals surface area contributed by atoms with Gasteiger partial charge in [-0.15, -0.1) is 10.2 Å². The molecule has 0 amide bonds. The molecule has 0 aromatic carbocycles. The van der Waals surface area contributed by atoms with Crippen LogP contribution in [-0.4, -0.2) is 46.7 Å². The molecule has 0 aliphatic carbocycles. The second-order valence-electron chi connectivity index (χ2n) is 1.60. The summed E-state index contributed by atoms with van der Waals surface area (Å²) in [5.41, 5.74) is 0. The fourth-order valence-corrected chi connectivity index (χ4v) is 0.530. The van der Waals surface area contributed by atoms with Gasteiger partial charge in [-0.3, -0.25) is 5.32 Å². The molecule has 12 heavy (non-hydrogen) atoms. The molecular weight excluding hydrogens is 166 g/mol. The molecular formula is C2H5N9O. The van der Waals surface area contributed by atoms with Crippen LogP contribution < -0.4 is 5.32 Å². The van der Waals surface area contributed by atoms with Crippen LogP contribution in [0.3, 0.4) is 0 Å². The average molecular weight is 171 g/mol. The summed E-state index contributed by atoms with van der Waals surface area (Å²) in [6.07, 6.45) is 0. The van der Waals surface area contributed by atoms with Crippen LogP contribution in [0.5, 0.6) is 0 Å². The molecule has 2 aromatic heterocycles. The topological polar surface area (TPSA) is 152 Å². The zero-order valence-electron chi connectivity index (χ0n) is 5.68. The molecule has 0 fully saturated rings. The van der Waals surface area contributed by atoms with Crippen LogP contribution in [0.15, 0.2) is 0 Å². The lowest BCUT2D eigenvalue weighted by Crippen LogP contribution is -1.94. The Morgan fingerprint density at radius 3 is 1.75 bits per heavy atom. The van der Waals surface area contributed by atoms with Gasteiger partial charge in [0.2, 0.25) is 0 Å². The van der Waals surface area contributed by atoms with Gasteiger partial charge in [0.15, 0.2) is 0 Å². The van der Waals surface area contributed by atoms with Crippen molar-refractivity contribution >= 4 is 11.9 Å². The van der Waals surface area contributed by atoms with Gasteiger partial charge in [0.1, 0.15) is 0 Å². The van der Waals surface area contributed by atoms with Crippen molar-refractivity contribution in [3.8, 4) is 0 Å². The number of aromatic amines is 2. The van der Waals surface area contributed by atoms with Gasteiger partial charge in [0.05, 0.1) is 0 Å². The van der Waals surface area contributed by atoms with E-state index in [1.54, 1.807) is 0 Å². The van der Waals surface area contributed by atoms with E-state index in [0.717, 1.165) is 0 Å². The molecule has 0 aliphatic rings. The zero-order valence-corrected chi connectivity index (χ0v) is 5.68. The number of nitrogens with one attached hydrogen (secondary N) is 3. The van der Waals surface area contributed by atoms with Crippen LogP contribution in [0, 0.1) is 0 Å². The monoisotopic (exact) mass is 171 g/mol. The predicted molar refractivity (Wildman–Crippen MR) is 35.3 cm³/mol. The first-order valence-corrected chi connectivity index (χ1v) is 2.69. The van der Waals surface area contributed by atoms with Crippen molar-refractivity contribution in [2.45, 2.75) is 0 Å². The summed E-state index contributed by atoms with van der Waals surface area (Å²) < 4.78 is 0.